The first-order chi connectivity index (χ1) is 21.7. The number of nitrogens with zero attached hydrogens (tertiary/aromatic N) is 1. The molecule has 2 unspecified atom stereocenters. The molecule has 12 heteroatoms. The van der Waals surface area contributed by atoms with Crippen molar-refractivity contribution in [1.29, 1.82) is 0 Å². The van der Waals surface area contributed by atoms with Gasteiger partial charge in [-0.05, 0) is 72.4 Å². The van der Waals surface area contributed by atoms with Gasteiger partial charge in [-0.3, -0.25) is 4.79 Å². The maximum atomic E-state index is 14.3. The maximum absolute atomic E-state index is 14.3. The van der Waals surface area contributed by atoms with E-state index < -0.39 is 102 Å². The Morgan fingerprint density at radius 3 is 2.21 bits per heavy atom. The van der Waals surface area contributed by atoms with E-state index in [1.807, 2.05) is 0 Å². The lowest BCUT2D eigenvalue weighted by Gasteiger charge is -2.48. The number of carboxylic acid groups (broad SMARTS) is 1. The molecule has 0 radical (unpaired) electrons. The van der Waals surface area contributed by atoms with E-state index >= 15 is 0 Å². The fraction of sp³-hybridized carbons (Fsp3) is 0.333. The number of aliphatic carboxylic acids is 1. The summed E-state index contributed by atoms with van der Waals surface area (Å²) in [4.78, 5) is 26.3. The number of ether oxygens (including phenoxy) is 2. The summed E-state index contributed by atoms with van der Waals surface area (Å²) >= 11 is 0. The molecule has 2 heterocycles. The number of aliphatic hydroxyl groups is 3. The van der Waals surface area contributed by atoms with Crippen LogP contribution in [0.3, 0.4) is 0 Å². The number of hydrogen-bond donors (Lipinski definition) is 5. The number of aromatic hydroxyl groups is 1. The third-order valence-corrected chi connectivity index (χ3v) is 7.36. The number of β-lactam (4-membered cyclic amide) rings is 1. The minimum atomic E-state index is -1.97. The number of rotatable bonds is 9. The van der Waals surface area contributed by atoms with E-state index in [9.17, 15) is 43.9 Å². The first-order valence-corrected chi connectivity index (χ1v) is 12.9. The average molecular weight is 590 g/mol. The van der Waals surface area contributed by atoms with Crippen LogP contribution in [0.2, 0.25) is 0 Å². The molecule has 5 N–H and O–H groups in total. The smallest absolute Gasteiger partial charge is 0.335 e. The predicted molar refractivity (Wildman–Crippen MR) is 142 cm³/mol. The molecule has 10 nitrogen and oxygen atoms in total. The second-order valence-corrected chi connectivity index (χ2v) is 10.0. The number of aliphatic hydroxyl groups excluding tert-OH is 3. The van der Waals surface area contributed by atoms with Crippen LogP contribution in [0.5, 0.6) is 5.75 Å². The van der Waals surface area contributed by atoms with Crippen LogP contribution in [0.25, 0.3) is 0 Å². The number of carbonyl (C=O) groups excluding carboxylic acids is 1. The lowest BCUT2D eigenvalue weighted by Crippen LogP contribution is -2.60. The molecule has 1 amide bonds. The number of phenols is 1. The van der Waals surface area contributed by atoms with Crippen LogP contribution in [0.15, 0.2) is 72.7 Å². The van der Waals surface area contributed by atoms with Gasteiger partial charge in [0.05, 0.1) is 23.5 Å². The molecule has 5 rings (SSSR count). The molecule has 0 spiro atoms. The highest BCUT2D eigenvalue weighted by atomic mass is 19.1. The van der Waals surface area contributed by atoms with Crippen molar-refractivity contribution >= 4 is 17.6 Å². The minimum absolute atomic E-state index is 0.0113. The van der Waals surface area contributed by atoms with Gasteiger partial charge in [-0.2, -0.15) is 0 Å². The van der Waals surface area contributed by atoms with Gasteiger partial charge in [0.2, 0.25) is 5.91 Å². The van der Waals surface area contributed by atoms with E-state index in [0.29, 0.717) is 11.1 Å². The van der Waals surface area contributed by atoms with Gasteiger partial charge in [-0.25, -0.2) is 13.6 Å². The normalized spacial score (nSPS) is 29.6. The SMILES string of the molecule is [2H]c1c([2H])c(N2C(=O)[C@H](CC[C@H](O[C@@H]3OC(C(=O)O)[C@@H](O)[C@@H](O)C3O)c3ccc(F)cc3)[C@H]2c2ccc(O)cc2)c([2H])c([2H])c1F. The molecule has 0 saturated carbocycles. The molecule has 2 aliphatic heterocycles. The summed E-state index contributed by atoms with van der Waals surface area (Å²) in [6, 6.07) is 6.26. The van der Waals surface area contributed by atoms with E-state index in [0.717, 1.165) is 17.0 Å². The van der Waals surface area contributed by atoms with Crippen LogP contribution in [-0.2, 0) is 19.1 Å². The molecule has 222 valence electrons. The minimum Gasteiger partial charge on any atom is -0.508 e. The zero-order valence-electron chi connectivity index (χ0n) is 25.7. The maximum Gasteiger partial charge on any atom is 0.335 e. The molecule has 8 atom stereocenters. The molecule has 2 aliphatic rings. The summed E-state index contributed by atoms with van der Waals surface area (Å²) < 4.78 is 71.6. The molecule has 0 bridgehead atoms. The lowest BCUT2D eigenvalue weighted by molar-refractivity contribution is -0.306. The molecule has 0 aliphatic carbocycles. The molecule has 3 aromatic rings. The van der Waals surface area contributed by atoms with E-state index in [1.165, 1.54) is 36.4 Å². The van der Waals surface area contributed by atoms with Crippen molar-refractivity contribution in [3.63, 3.8) is 0 Å². The van der Waals surface area contributed by atoms with Crippen LogP contribution < -0.4 is 4.90 Å². The number of carboxylic acids is 1. The Kier molecular flexibility index (Phi) is 7.11. The van der Waals surface area contributed by atoms with Crippen molar-refractivity contribution in [3.8, 4) is 5.75 Å². The predicted octanol–water partition coefficient (Wildman–Crippen LogP) is 2.80. The topological polar surface area (TPSA) is 157 Å². The Morgan fingerprint density at radius 2 is 1.60 bits per heavy atom. The van der Waals surface area contributed by atoms with Crippen molar-refractivity contribution < 1.29 is 58.9 Å². The quantitative estimate of drug-likeness (QED) is 0.237. The molecular weight excluding hydrogens is 556 g/mol. The summed E-state index contributed by atoms with van der Waals surface area (Å²) in [7, 11) is 0. The van der Waals surface area contributed by atoms with Crippen molar-refractivity contribution in [3.05, 3.63) is 95.5 Å². The fourth-order valence-electron chi connectivity index (χ4n) is 5.19. The Hall–Kier alpha value is -3.94. The second-order valence-electron chi connectivity index (χ2n) is 10.0. The summed E-state index contributed by atoms with van der Waals surface area (Å²) in [6.45, 7) is 0. The lowest BCUT2D eigenvalue weighted by atomic mass is 9.78. The van der Waals surface area contributed by atoms with E-state index in [2.05, 4.69) is 0 Å². The standard InChI is InChI=1S/C30H29F2NO9/c31-17-5-1-15(2-6-17)22(41-30-26(37)24(35)25(36)27(42-30)29(39)40)14-13-21-23(16-3-11-20(34)12-4-16)33(28(21)38)19-9-7-18(32)8-10-19/h1-12,21-27,30,34-37H,13-14H2,(H,39,40)/t21-,22+,23-,24-,25+,26?,27?,30-/m1/s1/i7D,8D,9D,10D. The molecule has 2 saturated heterocycles. The molecule has 0 aromatic heterocycles. The van der Waals surface area contributed by atoms with Gasteiger partial charge < -0.3 is 39.9 Å². The first-order valence-electron chi connectivity index (χ1n) is 14.9. The molecular formula is C30H29F2NO9. The second kappa shape index (κ2) is 12.1. The monoisotopic (exact) mass is 589 g/mol. The third-order valence-electron chi connectivity index (χ3n) is 7.36. The van der Waals surface area contributed by atoms with Crippen LogP contribution in [0.4, 0.5) is 14.5 Å². The molecule has 3 aromatic carbocycles. The molecule has 42 heavy (non-hydrogen) atoms. The fourth-order valence-corrected chi connectivity index (χ4v) is 5.19. The van der Waals surface area contributed by atoms with E-state index in [-0.39, 0.29) is 18.6 Å². The van der Waals surface area contributed by atoms with E-state index in [1.54, 1.807) is 0 Å². The number of carbonyl (C=O) groups is 2. The highest BCUT2D eigenvalue weighted by molar-refractivity contribution is 6.03. The number of amides is 1. The van der Waals surface area contributed by atoms with Gasteiger partial charge in [0, 0.05) is 5.69 Å². The third kappa shape index (κ3) is 5.85. The van der Waals surface area contributed by atoms with Gasteiger partial charge in [-0.1, -0.05) is 24.3 Å². The summed E-state index contributed by atoms with van der Waals surface area (Å²) in [5.74, 6) is -5.22. The first kappa shape index (κ1) is 24.6. The Morgan fingerprint density at radius 1 is 0.952 bits per heavy atom. The van der Waals surface area contributed by atoms with Gasteiger partial charge in [-0.15, -0.1) is 0 Å². The average Bonchev–Trinajstić information content (AvgIpc) is 3.03. The highest BCUT2D eigenvalue weighted by Gasteiger charge is 2.50. The van der Waals surface area contributed by atoms with Gasteiger partial charge in [0.1, 0.15) is 35.7 Å². The highest BCUT2D eigenvalue weighted by Crippen LogP contribution is 2.47. The Labute approximate surface area is 244 Å². The summed E-state index contributed by atoms with van der Waals surface area (Å²) in [6.07, 6.45) is -10.7. The van der Waals surface area contributed by atoms with Crippen LogP contribution in [0.1, 0.15) is 41.6 Å². The van der Waals surface area contributed by atoms with Crippen LogP contribution in [-0.4, -0.2) is 68.1 Å². The number of halogens is 2. The number of phenolic OH excluding ortho intramolecular Hbond substituents is 1. The van der Waals surface area contributed by atoms with E-state index in [4.69, 9.17) is 15.0 Å². The van der Waals surface area contributed by atoms with Crippen molar-refractivity contribution in [2.45, 2.75) is 55.7 Å². The summed E-state index contributed by atoms with van der Waals surface area (Å²) in [5, 5.41) is 50.1. The summed E-state index contributed by atoms with van der Waals surface area (Å²) in [5.41, 5.74) is 0.330. The van der Waals surface area contributed by atoms with Gasteiger partial charge >= 0.3 is 5.97 Å². The van der Waals surface area contributed by atoms with Gasteiger partial charge in [0.15, 0.2) is 12.4 Å². The zero-order valence-corrected chi connectivity index (χ0v) is 21.7. The number of hydrogen-bond acceptors (Lipinski definition) is 8. The van der Waals surface area contributed by atoms with Crippen LogP contribution in [0, 0.1) is 17.6 Å². The van der Waals surface area contributed by atoms with Gasteiger partial charge in [0.25, 0.3) is 0 Å². The molecule has 2 fully saturated rings. The largest absolute Gasteiger partial charge is 0.508 e. The Balaban J connectivity index is 1.47. The van der Waals surface area contributed by atoms with Crippen molar-refractivity contribution in [2.24, 2.45) is 5.92 Å². The Bertz CT molecular complexity index is 1600. The number of benzene rings is 3. The number of anilines is 1. The van der Waals surface area contributed by atoms with Crippen molar-refractivity contribution in [1.82, 2.24) is 0 Å². The van der Waals surface area contributed by atoms with Crippen molar-refractivity contribution in [2.75, 3.05) is 4.90 Å². The zero-order chi connectivity index (χ0) is 33.6. The van der Waals surface area contributed by atoms with Crippen LogP contribution >= 0.6 is 0 Å².